The second-order valence-corrected chi connectivity index (χ2v) is 1.88. The van der Waals surface area contributed by atoms with Gasteiger partial charge in [-0.2, -0.15) is 0 Å². The summed E-state index contributed by atoms with van der Waals surface area (Å²) in [7, 11) is 0. The zero-order valence-corrected chi connectivity index (χ0v) is 5.17. The highest BCUT2D eigenvalue weighted by Crippen LogP contribution is 1.91. The van der Waals surface area contributed by atoms with Gasteiger partial charge in [0.25, 0.3) is 0 Å². The van der Waals surface area contributed by atoms with Crippen LogP contribution in [0.2, 0.25) is 0 Å². The van der Waals surface area contributed by atoms with Crippen LogP contribution in [-0.4, -0.2) is 23.8 Å². The Hall–Kier alpha value is -0.120. The molecule has 50 valence electrons. The second kappa shape index (κ2) is 3.83. The van der Waals surface area contributed by atoms with E-state index in [0.29, 0.717) is 13.0 Å². The third-order valence-corrected chi connectivity index (χ3v) is 1.18. The first kappa shape index (κ1) is 7.88. The molecule has 3 heteroatoms. The van der Waals surface area contributed by atoms with Crippen LogP contribution < -0.4 is 11.5 Å². The smallest absolute Gasteiger partial charge is 0.0700 e. The lowest BCUT2D eigenvalue weighted by Crippen LogP contribution is -2.40. The molecule has 2 atom stereocenters. The summed E-state index contributed by atoms with van der Waals surface area (Å²) in [6.45, 7) is 2.23. The lowest BCUT2D eigenvalue weighted by molar-refractivity contribution is 0.143. The Labute approximate surface area is 49.7 Å². The van der Waals surface area contributed by atoms with Crippen LogP contribution >= 0.6 is 0 Å². The van der Waals surface area contributed by atoms with Crippen molar-refractivity contribution in [2.45, 2.75) is 25.5 Å². The van der Waals surface area contributed by atoms with E-state index < -0.39 is 6.10 Å². The van der Waals surface area contributed by atoms with Crippen molar-refractivity contribution < 1.29 is 5.11 Å². The molecule has 0 amide bonds. The van der Waals surface area contributed by atoms with Crippen molar-refractivity contribution in [3.63, 3.8) is 0 Å². The summed E-state index contributed by atoms with van der Waals surface area (Å²) in [5.41, 5.74) is 10.5. The number of aliphatic hydroxyl groups is 1. The van der Waals surface area contributed by atoms with Gasteiger partial charge in [0, 0.05) is 12.6 Å². The Balaban J connectivity index is 3.29. The third kappa shape index (κ3) is 2.26. The largest absolute Gasteiger partial charge is 0.391 e. The molecular formula is C5H14N2O. The summed E-state index contributed by atoms with van der Waals surface area (Å²) in [4.78, 5) is 0. The van der Waals surface area contributed by atoms with Crippen LogP contribution in [0.1, 0.15) is 13.3 Å². The monoisotopic (exact) mass is 118 g/mol. The molecule has 2 unspecified atom stereocenters. The van der Waals surface area contributed by atoms with Crippen LogP contribution in [0.15, 0.2) is 0 Å². The van der Waals surface area contributed by atoms with E-state index in [0.717, 1.165) is 0 Å². The van der Waals surface area contributed by atoms with Crippen molar-refractivity contribution in [2.75, 3.05) is 6.54 Å². The van der Waals surface area contributed by atoms with E-state index in [9.17, 15) is 0 Å². The van der Waals surface area contributed by atoms with Gasteiger partial charge >= 0.3 is 0 Å². The van der Waals surface area contributed by atoms with E-state index >= 15 is 0 Å². The number of aliphatic hydroxyl groups excluding tert-OH is 1. The van der Waals surface area contributed by atoms with Crippen molar-refractivity contribution in [3.8, 4) is 0 Å². The van der Waals surface area contributed by atoms with E-state index in [4.69, 9.17) is 16.6 Å². The number of rotatable bonds is 3. The van der Waals surface area contributed by atoms with Crippen molar-refractivity contribution in [2.24, 2.45) is 11.5 Å². The SMILES string of the molecule is CCC(O)C(N)CN. The number of nitrogens with two attached hydrogens (primary N) is 2. The Kier molecular flexibility index (Phi) is 3.77. The predicted molar refractivity (Wildman–Crippen MR) is 33.3 cm³/mol. The highest BCUT2D eigenvalue weighted by atomic mass is 16.3. The average molecular weight is 118 g/mol. The van der Waals surface area contributed by atoms with Gasteiger partial charge in [0.15, 0.2) is 0 Å². The molecule has 0 aliphatic carbocycles. The summed E-state index contributed by atoms with van der Waals surface area (Å²) < 4.78 is 0. The first-order valence-electron chi connectivity index (χ1n) is 2.86. The lowest BCUT2D eigenvalue weighted by Gasteiger charge is -2.13. The molecule has 0 saturated carbocycles. The van der Waals surface area contributed by atoms with Gasteiger partial charge in [-0.1, -0.05) is 6.92 Å². The molecule has 0 spiro atoms. The zero-order chi connectivity index (χ0) is 6.57. The molecule has 0 aromatic carbocycles. The Morgan fingerprint density at radius 1 is 1.62 bits per heavy atom. The van der Waals surface area contributed by atoms with Gasteiger partial charge in [-0.05, 0) is 6.42 Å². The molecule has 3 nitrogen and oxygen atoms in total. The molecule has 0 aromatic rings. The van der Waals surface area contributed by atoms with Crippen LogP contribution in [0, 0.1) is 0 Å². The van der Waals surface area contributed by atoms with Crippen molar-refractivity contribution >= 4 is 0 Å². The predicted octanol–water partition coefficient (Wildman–Crippen LogP) is -0.957. The van der Waals surface area contributed by atoms with Gasteiger partial charge in [-0.25, -0.2) is 0 Å². The molecule has 5 N–H and O–H groups in total. The fourth-order valence-corrected chi connectivity index (χ4v) is 0.460. The minimum atomic E-state index is -0.431. The van der Waals surface area contributed by atoms with E-state index in [2.05, 4.69) is 0 Å². The summed E-state index contributed by atoms with van der Waals surface area (Å²) in [5.74, 6) is 0. The first-order chi connectivity index (χ1) is 3.72. The topological polar surface area (TPSA) is 72.3 Å². The third-order valence-electron chi connectivity index (χ3n) is 1.18. The fraction of sp³-hybridized carbons (Fsp3) is 1.00. The van der Waals surface area contributed by atoms with Crippen molar-refractivity contribution in [1.29, 1.82) is 0 Å². The zero-order valence-electron chi connectivity index (χ0n) is 5.17. The molecule has 0 aromatic heterocycles. The standard InChI is InChI=1S/C5H14N2O/c1-2-5(8)4(7)3-6/h4-5,8H,2-3,6-7H2,1H3. The van der Waals surface area contributed by atoms with Crippen LogP contribution in [0.4, 0.5) is 0 Å². The van der Waals surface area contributed by atoms with Crippen LogP contribution in [0.3, 0.4) is 0 Å². The molecule has 0 heterocycles. The minimum Gasteiger partial charge on any atom is -0.391 e. The van der Waals surface area contributed by atoms with Crippen LogP contribution in [0.25, 0.3) is 0 Å². The second-order valence-electron chi connectivity index (χ2n) is 1.88. The fourth-order valence-electron chi connectivity index (χ4n) is 0.460. The molecule has 0 aliphatic heterocycles. The molecule has 0 radical (unpaired) electrons. The lowest BCUT2D eigenvalue weighted by atomic mass is 10.1. The van der Waals surface area contributed by atoms with Crippen molar-refractivity contribution in [1.82, 2.24) is 0 Å². The summed E-state index contributed by atoms with van der Waals surface area (Å²) in [5, 5.41) is 8.92. The summed E-state index contributed by atoms with van der Waals surface area (Å²) in [6, 6.07) is -0.250. The van der Waals surface area contributed by atoms with Gasteiger partial charge < -0.3 is 16.6 Å². The summed E-state index contributed by atoms with van der Waals surface area (Å²) >= 11 is 0. The molecule has 0 fully saturated rings. The maximum atomic E-state index is 8.92. The van der Waals surface area contributed by atoms with Crippen LogP contribution in [-0.2, 0) is 0 Å². The van der Waals surface area contributed by atoms with Crippen molar-refractivity contribution in [3.05, 3.63) is 0 Å². The summed E-state index contributed by atoms with van der Waals surface area (Å²) in [6.07, 6.45) is 0.248. The quantitative estimate of drug-likeness (QED) is 0.447. The van der Waals surface area contributed by atoms with E-state index in [1.165, 1.54) is 0 Å². The molecule has 8 heavy (non-hydrogen) atoms. The normalized spacial score (nSPS) is 18.0. The molecule has 0 saturated heterocycles. The van der Waals surface area contributed by atoms with E-state index in [1.807, 2.05) is 6.92 Å². The van der Waals surface area contributed by atoms with Crippen LogP contribution in [0.5, 0.6) is 0 Å². The van der Waals surface area contributed by atoms with Gasteiger partial charge in [-0.15, -0.1) is 0 Å². The maximum Gasteiger partial charge on any atom is 0.0700 e. The Morgan fingerprint density at radius 2 is 2.12 bits per heavy atom. The highest BCUT2D eigenvalue weighted by molar-refractivity contribution is 4.69. The first-order valence-corrected chi connectivity index (χ1v) is 2.86. The molecule has 0 bridgehead atoms. The van der Waals surface area contributed by atoms with Gasteiger partial charge in [-0.3, -0.25) is 0 Å². The maximum absolute atomic E-state index is 8.92. The average Bonchev–Trinajstić information content (AvgIpc) is 1.84. The Morgan fingerprint density at radius 3 is 2.25 bits per heavy atom. The molecular weight excluding hydrogens is 104 g/mol. The van der Waals surface area contributed by atoms with Gasteiger partial charge in [0.2, 0.25) is 0 Å². The molecule has 0 aliphatic rings. The van der Waals surface area contributed by atoms with E-state index in [1.54, 1.807) is 0 Å². The molecule has 0 rings (SSSR count). The van der Waals surface area contributed by atoms with E-state index in [-0.39, 0.29) is 6.04 Å². The number of hydrogen-bond donors (Lipinski definition) is 3. The van der Waals surface area contributed by atoms with Gasteiger partial charge in [0.1, 0.15) is 0 Å². The van der Waals surface area contributed by atoms with Gasteiger partial charge in [0.05, 0.1) is 6.10 Å². The highest BCUT2D eigenvalue weighted by Gasteiger charge is 2.08. The minimum absolute atomic E-state index is 0.250. The Bertz CT molecular complexity index is 50.4. The number of hydrogen-bond acceptors (Lipinski definition) is 3.